The minimum atomic E-state index is -0.599. The first kappa shape index (κ1) is 15.5. The normalized spacial score (nSPS) is 10.7. The van der Waals surface area contributed by atoms with E-state index in [4.69, 9.17) is 23.2 Å². The highest BCUT2D eigenvalue weighted by Gasteiger charge is 2.12. The molecule has 0 amide bonds. The fraction of sp³-hybridized carbons (Fsp3) is 0.214. The summed E-state index contributed by atoms with van der Waals surface area (Å²) in [6.45, 7) is 1.47. The van der Waals surface area contributed by atoms with E-state index < -0.39 is 17.0 Å². The first-order valence-electron chi connectivity index (χ1n) is 6.06. The van der Waals surface area contributed by atoms with Crippen molar-refractivity contribution < 1.29 is 4.79 Å². The maximum atomic E-state index is 12.1. The molecule has 110 valence electrons. The van der Waals surface area contributed by atoms with Crippen molar-refractivity contribution in [1.29, 1.82) is 0 Å². The monoisotopic (exact) mass is 326 g/mol. The average molecular weight is 327 g/mol. The molecule has 2 rings (SSSR count). The van der Waals surface area contributed by atoms with E-state index in [9.17, 15) is 14.4 Å². The largest absolute Gasteiger partial charge is 0.331 e. The summed E-state index contributed by atoms with van der Waals surface area (Å²) in [6.07, 6.45) is 1.27. The molecule has 1 aromatic carbocycles. The molecule has 0 aliphatic heterocycles. The van der Waals surface area contributed by atoms with Crippen molar-refractivity contribution in [2.45, 2.75) is 13.5 Å². The van der Waals surface area contributed by atoms with Gasteiger partial charge in [0.25, 0.3) is 5.56 Å². The zero-order valence-electron chi connectivity index (χ0n) is 11.4. The number of benzene rings is 1. The van der Waals surface area contributed by atoms with Gasteiger partial charge in [0.2, 0.25) is 0 Å². The van der Waals surface area contributed by atoms with E-state index in [0.29, 0.717) is 10.0 Å². The van der Waals surface area contributed by atoms with E-state index in [1.54, 1.807) is 18.2 Å². The van der Waals surface area contributed by atoms with Gasteiger partial charge in [0.15, 0.2) is 5.78 Å². The molecule has 0 bridgehead atoms. The van der Waals surface area contributed by atoms with Crippen molar-refractivity contribution in [1.82, 2.24) is 9.13 Å². The summed E-state index contributed by atoms with van der Waals surface area (Å²) in [7, 11) is 1.34. The van der Waals surface area contributed by atoms with Crippen LogP contribution in [0, 0.1) is 0 Å². The summed E-state index contributed by atoms with van der Waals surface area (Å²) >= 11 is 11.8. The number of rotatable bonds is 3. The predicted molar refractivity (Wildman–Crippen MR) is 81.5 cm³/mol. The molecule has 0 saturated carbocycles. The molecule has 0 N–H and O–H groups in total. The van der Waals surface area contributed by atoms with Crippen molar-refractivity contribution in [2.75, 3.05) is 0 Å². The number of carbonyl (C=O) groups excluding carboxylic acids is 1. The third kappa shape index (κ3) is 3.09. The number of hydrogen-bond acceptors (Lipinski definition) is 3. The van der Waals surface area contributed by atoms with Gasteiger partial charge in [-0.3, -0.25) is 18.7 Å². The summed E-state index contributed by atoms with van der Waals surface area (Å²) in [5, 5.41) is 0.788. The Balaban J connectivity index is 2.54. The van der Waals surface area contributed by atoms with Gasteiger partial charge in [-0.25, -0.2) is 4.79 Å². The zero-order chi connectivity index (χ0) is 15.7. The highest BCUT2D eigenvalue weighted by molar-refractivity contribution is 6.42. The van der Waals surface area contributed by atoms with Crippen LogP contribution in [0.4, 0.5) is 0 Å². The molecule has 0 aliphatic carbocycles. The van der Waals surface area contributed by atoms with Gasteiger partial charge in [-0.2, -0.15) is 0 Å². The molecule has 0 fully saturated rings. The van der Waals surface area contributed by atoms with Crippen molar-refractivity contribution >= 4 is 29.0 Å². The van der Waals surface area contributed by atoms with Crippen molar-refractivity contribution in [3.63, 3.8) is 0 Å². The molecule has 0 aliphatic rings. The highest BCUT2D eigenvalue weighted by Crippen LogP contribution is 2.22. The Hall–Kier alpha value is -1.85. The number of ketones is 1. The number of halogens is 2. The van der Waals surface area contributed by atoms with Crippen molar-refractivity contribution in [2.24, 2.45) is 7.05 Å². The van der Waals surface area contributed by atoms with Gasteiger partial charge >= 0.3 is 5.69 Å². The molecule has 0 saturated heterocycles. The molecule has 0 unspecified atom stereocenters. The molecule has 5 nitrogen and oxygen atoms in total. The molecular weight excluding hydrogens is 315 g/mol. The van der Waals surface area contributed by atoms with E-state index in [0.717, 1.165) is 10.1 Å². The number of aromatic nitrogens is 2. The number of nitrogens with zero attached hydrogens (tertiary/aromatic N) is 2. The summed E-state index contributed by atoms with van der Waals surface area (Å²) in [5.41, 5.74) is -0.397. The number of carbonyl (C=O) groups is 1. The summed E-state index contributed by atoms with van der Waals surface area (Å²) in [4.78, 5) is 35.4. The van der Waals surface area contributed by atoms with Gasteiger partial charge in [-0.15, -0.1) is 0 Å². The second-order valence-corrected chi connectivity index (χ2v) is 5.44. The lowest BCUT2D eigenvalue weighted by atomic mass is 10.2. The third-order valence-corrected chi connectivity index (χ3v) is 3.81. The maximum absolute atomic E-state index is 12.1. The predicted octanol–water partition coefficient (Wildman–Crippen LogP) is 2.10. The van der Waals surface area contributed by atoms with Crippen LogP contribution in [0.15, 0.2) is 34.0 Å². The number of hydrogen-bond donors (Lipinski definition) is 0. The standard InChI is InChI=1S/C14H12Cl2N2O3/c1-8(19)10-7-18(14(21)17(2)13(10)20)6-9-3-4-11(15)12(16)5-9/h3-5,7H,6H2,1-2H3. The smallest absolute Gasteiger partial charge is 0.295 e. The van der Waals surface area contributed by atoms with Gasteiger partial charge in [0, 0.05) is 13.2 Å². The molecular formula is C14H12Cl2N2O3. The van der Waals surface area contributed by atoms with Crippen LogP contribution >= 0.6 is 23.2 Å². The topological polar surface area (TPSA) is 61.1 Å². The van der Waals surface area contributed by atoms with Gasteiger partial charge in [0.1, 0.15) is 0 Å². The van der Waals surface area contributed by atoms with Crippen LogP contribution in [0.3, 0.4) is 0 Å². The fourth-order valence-electron chi connectivity index (χ4n) is 1.92. The van der Waals surface area contributed by atoms with E-state index in [1.807, 2.05) is 0 Å². The van der Waals surface area contributed by atoms with Crippen molar-refractivity contribution in [3.05, 3.63) is 66.4 Å². The van der Waals surface area contributed by atoms with Crippen LogP contribution in [0.2, 0.25) is 10.0 Å². The molecule has 0 radical (unpaired) electrons. The molecule has 1 heterocycles. The van der Waals surface area contributed by atoms with Crippen LogP contribution in [-0.2, 0) is 13.6 Å². The second kappa shape index (κ2) is 5.87. The van der Waals surface area contributed by atoms with Gasteiger partial charge in [-0.05, 0) is 24.6 Å². The molecule has 0 atom stereocenters. The maximum Gasteiger partial charge on any atom is 0.331 e. The first-order valence-corrected chi connectivity index (χ1v) is 6.82. The Labute approximate surface area is 130 Å². The van der Waals surface area contributed by atoms with E-state index in [-0.39, 0.29) is 12.1 Å². The molecule has 21 heavy (non-hydrogen) atoms. The minimum absolute atomic E-state index is 0.0304. The van der Waals surface area contributed by atoms with Crippen LogP contribution in [0.5, 0.6) is 0 Å². The summed E-state index contributed by atoms with van der Waals surface area (Å²) < 4.78 is 2.20. The molecule has 2 aromatic rings. The van der Waals surface area contributed by atoms with E-state index >= 15 is 0 Å². The Morgan fingerprint density at radius 1 is 1.19 bits per heavy atom. The lowest BCUT2D eigenvalue weighted by molar-refractivity contribution is 0.101. The first-order chi connectivity index (χ1) is 9.81. The third-order valence-electron chi connectivity index (χ3n) is 3.07. The van der Waals surface area contributed by atoms with Gasteiger partial charge in [0.05, 0.1) is 22.2 Å². The summed E-state index contributed by atoms with van der Waals surface area (Å²) in [6, 6.07) is 4.98. The van der Waals surface area contributed by atoms with Crippen molar-refractivity contribution in [3.8, 4) is 0 Å². The Morgan fingerprint density at radius 2 is 1.86 bits per heavy atom. The van der Waals surface area contributed by atoms with Gasteiger partial charge in [-0.1, -0.05) is 29.3 Å². The minimum Gasteiger partial charge on any atom is -0.295 e. The lowest BCUT2D eigenvalue weighted by Crippen LogP contribution is -2.40. The molecule has 7 heteroatoms. The van der Waals surface area contributed by atoms with Crippen LogP contribution in [-0.4, -0.2) is 14.9 Å². The number of Topliss-reactive ketones (excluding diaryl/α,β-unsaturated/α-hetero) is 1. The van der Waals surface area contributed by atoms with Crippen LogP contribution < -0.4 is 11.2 Å². The molecule has 0 spiro atoms. The molecule has 1 aromatic heterocycles. The quantitative estimate of drug-likeness (QED) is 0.811. The zero-order valence-corrected chi connectivity index (χ0v) is 12.9. The Morgan fingerprint density at radius 3 is 2.43 bits per heavy atom. The Bertz CT molecular complexity index is 837. The SMILES string of the molecule is CC(=O)c1cn(Cc2ccc(Cl)c(Cl)c2)c(=O)n(C)c1=O. The van der Waals surface area contributed by atoms with E-state index in [2.05, 4.69) is 0 Å². The van der Waals surface area contributed by atoms with E-state index in [1.165, 1.54) is 24.7 Å². The highest BCUT2D eigenvalue weighted by atomic mass is 35.5. The average Bonchev–Trinajstić information content (AvgIpc) is 2.43. The van der Waals surface area contributed by atoms with Crippen LogP contribution in [0.25, 0.3) is 0 Å². The fourth-order valence-corrected chi connectivity index (χ4v) is 2.24. The summed E-state index contributed by atoms with van der Waals surface area (Å²) in [5.74, 6) is -0.390. The lowest BCUT2D eigenvalue weighted by Gasteiger charge is -2.10. The Kier molecular flexibility index (Phi) is 4.34. The van der Waals surface area contributed by atoms with Gasteiger partial charge < -0.3 is 0 Å². The van der Waals surface area contributed by atoms with Crippen LogP contribution in [0.1, 0.15) is 22.8 Å². The second-order valence-electron chi connectivity index (χ2n) is 4.62.